The number of fused-ring (bicyclic) bond motifs is 1. The fourth-order valence-electron chi connectivity index (χ4n) is 3.15. The van der Waals surface area contributed by atoms with Gasteiger partial charge in [-0.2, -0.15) is 18.3 Å². The molecule has 2 heterocycles. The summed E-state index contributed by atoms with van der Waals surface area (Å²) in [5.74, 6) is -0.0116. The van der Waals surface area contributed by atoms with Crippen molar-refractivity contribution < 1.29 is 18.0 Å². The second kappa shape index (κ2) is 5.79. The van der Waals surface area contributed by atoms with E-state index in [-0.39, 0.29) is 23.8 Å². The predicted molar refractivity (Wildman–Crippen MR) is 86.5 cm³/mol. The average Bonchev–Trinajstić information content (AvgIpc) is 2.99. The lowest BCUT2D eigenvalue weighted by Crippen LogP contribution is -2.49. The summed E-state index contributed by atoms with van der Waals surface area (Å²) in [4.78, 5) is 14.4. The molecular weight excluding hydrogens is 333 g/mol. The largest absolute Gasteiger partial charge is 0.416 e. The van der Waals surface area contributed by atoms with Gasteiger partial charge in [-0.1, -0.05) is 12.1 Å². The van der Waals surface area contributed by atoms with E-state index in [2.05, 4.69) is 5.10 Å². The van der Waals surface area contributed by atoms with E-state index < -0.39 is 17.3 Å². The number of nitrogens with two attached hydrogens (primary N) is 1. The summed E-state index contributed by atoms with van der Waals surface area (Å²) in [6.07, 6.45) is -2.46. The van der Waals surface area contributed by atoms with Crippen molar-refractivity contribution in [2.75, 3.05) is 12.3 Å². The highest BCUT2D eigenvalue weighted by molar-refractivity contribution is 5.84. The van der Waals surface area contributed by atoms with Crippen LogP contribution in [0.4, 0.5) is 19.0 Å². The van der Waals surface area contributed by atoms with E-state index in [1.54, 1.807) is 32.2 Å². The zero-order valence-corrected chi connectivity index (χ0v) is 14.0. The van der Waals surface area contributed by atoms with E-state index in [1.807, 2.05) is 0 Å². The highest BCUT2D eigenvalue weighted by Gasteiger charge is 2.39. The van der Waals surface area contributed by atoms with Crippen LogP contribution in [0, 0.1) is 0 Å². The molecular formula is C17H19F3N4O. The van der Waals surface area contributed by atoms with Gasteiger partial charge in [0.05, 0.1) is 5.56 Å². The molecule has 8 heteroatoms. The average molecular weight is 352 g/mol. The van der Waals surface area contributed by atoms with E-state index in [0.29, 0.717) is 18.5 Å². The minimum Gasteiger partial charge on any atom is -0.382 e. The summed E-state index contributed by atoms with van der Waals surface area (Å²) in [6.45, 7) is 3.65. The van der Waals surface area contributed by atoms with Crippen LogP contribution in [-0.4, -0.2) is 27.1 Å². The predicted octanol–water partition coefficient (Wildman–Crippen LogP) is 2.80. The second-order valence-corrected chi connectivity index (χ2v) is 6.66. The molecule has 0 aliphatic carbocycles. The number of amides is 1. The van der Waals surface area contributed by atoms with Gasteiger partial charge < -0.3 is 10.6 Å². The third-order valence-electron chi connectivity index (χ3n) is 4.57. The molecule has 0 fully saturated rings. The molecule has 1 aliphatic heterocycles. The van der Waals surface area contributed by atoms with Gasteiger partial charge in [0.2, 0.25) is 5.91 Å². The van der Waals surface area contributed by atoms with Crippen LogP contribution in [0.3, 0.4) is 0 Å². The number of nitrogen functional groups attached to an aromatic ring is 1. The zero-order chi connectivity index (χ0) is 18.4. The van der Waals surface area contributed by atoms with Crippen molar-refractivity contribution in [2.24, 2.45) is 0 Å². The Hall–Kier alpha value is -2.51. The lowest BCUT2D eigenvalue weighted by Gasteiger charge is -2.36. The third kappa shape index (κ3) is 3.08. The van der Waals surface area contributed by atoms with E-state index >= 15 is 0 Å². The molecule has 0 atom stereocenters. The van der Waals surface area contributed by atoms with Crippen LogP contribution < -0.4 is 5.73 Å². The van der Waals surface area contributed by atoms with E-state index in [0.717, 1.165) is 6.07 Å². The lowest BCUT2D eigenvalue weighted by molar-refractivity contribution is -0.143. The molecule has 2 N–H and O–H groups in total. The van der Waals surface area contributed by atoms with Crippen LogP contribution in [0.15, 0.2) is 30.5 Å². The number of hydrogen-bond donors (Lipinski definition) is 1. The van der Waals surface area contributed by atoms with Gasteiger partial charge in [0.25, 0.3) is 0 Å². The summed E-state index contributed by atoms with van der Waals surface area (Å²) in [6, 6.07) is 5.73. The molecule has 0 spiro atoms. The van der Waals surface area contributed by atoms with Gasteiger partial charge in [-0.3, -0.25) is 9.48 Å². The summed E-state index contributed by atoms with van der Waals surface area (Å²) < 4.78 is 41.3. The molecule has 0 saturated carbocycles. The Labute approximate surface area is 143 Å². The first-order valence-electron chi connectivity index (χ1n) is 7.89. The minimum absolute atomic E-state index is 0.0654. The normalized spacial score (nSPS) is 15.2. The molecule has 1 aliphatic rings. The van der Waals surface area contributed by atoms with Gasteiger partial charge in [0.15, 0.2) is 0 Å². The maximum Gasteiger partial charge on any atom is 0.416 e. The van der Waals surface area contributed by atoms with Gasteiger partial charge in [0, 0.05) is 19.3 Å². The topological polar surface area (TPSA) is 64.2 Å². The van der Waals surface area contributed by atoms with Gasteiger partial charge in [-0.05, 0) is 43.5 Å². The Balaban J connectivity index is 1.91. The van der Waals surface area contributed by atoms with Crippen molar-refractivity contribution in [3.63, 3.8) is 0 Å². The summed E-state index contributed by atoms with van der Waals surface area (Å²) in [5.41, 5.74) is 4.70. The number of benzene rings is 1. The Morgan fingerprint density at radius 1 is 1.24 bits per heavy atom. The fraction of sp³-hybridized carbons (Fsp3) is 0.412. The SMILES string of the molecule is CC(C)(C(=O)N1CCc2cccc(C(F)(F)F)c2C1)n1ccc(N)n1. The molecule has 0 bridgehead atoms. The van der Waals surface area contributed by atoms with Crippen LogP contribution in [0.25, 0.3) is 0 Å². The number of anilines is 1. The molecule has 1 aromatic carbocycles. The summed E-state index contributed by atoms with van der Waals surface area (Å²) in [7, 11) is 0. The Kier molecular flexibility index (Phi) is 4.01. The number of aromatic nitrogens is 2. The molecule has 0 unspecified atom stereocenters. The first-order chi connectivity index (χ1) is 11.6. The van der Waals surface area contributed by atoms with Crippen molar-refractivity contribution >= 4 is 11.7 Å². The van der Waals surface area contributed by atoms with Crippen molar-refractivity contribution in [1.29, 1.82) is 0 Å². The molecule has 25 heavy (non-hydrogen) atoms. The smallest absolute Gasteiger partial charge is 0.382 e. The fourth-order valence-corrected chi connectivity index (χ4v) is 3.15. The number of alkyl halides is 3. The molecule has 2 aromatic rings. The van der Waals surface area contributed by atoms with Crippen LogP contribution >= 0.6 is 0 Å². The van der Waals surface area contributed by atoms with Crippen molar-refractivity contribution in [3.05, 3.63) is 47.2 Å². The summed E-state index contributed by atoms with van der Waals surface area (Å²) >= 11 is 0. The Morgan fingerprint density at radius 2 is 1.96 bits per heavy atom. The maximum atomic E-state index is 13.3. The zero-order valence-electron chi connectivity index (χ0n) is 14.0. The number of nitrogens with zero attached hydrogens (tertiary/aromatic N) is 3. The molecule has 3 rings (SSSR count). The monoisotopic (exact) mass is 352 g/mol. The standard InChI is InChI=1S/C17H19F3N4O/c1-16(2,24-9-7-14(21)22-24)15(25)23-8-6-11-4-3-5-13(12(11)10-23)17(18,19)20/h3-5,7,9H,6,8,10H2,1-2H3,(H2,21,22). The molecule has 0 radical (unpaired) electrons. The van der Waals surface area contributed by atoms with E-state index in [1.165, 1.54) is 15.6 Å². The Morgan fingerprint density at radius 3 is 2.56 bits per heavy atom. The minimum atomic E-state index is -4.44. The van der Waals surface area contributed by atoms with Crippen LogP contribution in [-0.2, 0) is 29.5 Å². The highest BCUT2D eigenvalue weighted by Crippen LogP contribution is 2.36. The van der Waals surface area contributed by atoms with Crippen molar-refractivity contribution in [2.45, 2.75) is 38.5 Å². The molecule has 134 valence electrons. The Bertz CT molecular complexity index is 810. The molecule has 5 nitrogen and oxygen atoms in total. The number of hydrogen-bond acceptors (Lipinski definition) is 3. The number of carbonyl (C=O) groups is 1. The van der Waals surface area contributed by atoms with Gasteiger partial charge >= 0.3 is 6.18 Å². The third-order valence-corrected chi connectivity index (χ3v) is 4.57. The van der Waals surface area contributed by atoms with Crippen LogP contribution in [0.2, 0.25) is 0 Å². The van der Waals surface area contributed by atoms with Crippen LogP contribution in [0.1, 0.15) is 30.5 Å². The van der Waals surface area contributed by atoms with E-state index in [9.17, 15) is 18.0 Å². The van der Waals surface area contributed by atoms with Gasteiger partial charge in [0.1, 0.15) is 11.4 Å². The number of rotatable bonds is 2. The quantitative estimate of drug-likeness (QED) is 0.904. The van der Waals surface area contributed by atoms with Gasteiger partial charge in [-0.15, -0.1) is 0 Å². The first kappa shape index (κ1) is 17.3. The molecule has 1 amide bonds. The van der Waals surface area contributed by atoms with Crippen molar-refractivity contribution in [1.82, 2.24) is 14.7 Å². The van der Waals surface area contributed by atoms with Gasteiger partial charge in [-0.25, -0.2) is 0 Å². The summed E-state index contributed by atoms with van der Waals surface area (Å²) in [5, 5.41) is 4.07. The second-order valence-electron chi connectivity index (χ2n) is 6.66. The first-order valence-corrected chi connectivity index (χ1v) is 7.89. The highest BCUT2D eigenvalue weighted by atomic mass is 19.4. The number of carbonyl (C=O) groups excluding carboxylic acids is 1. The van der Waals surface area contributed by atoms with Crippen LogP contribution in [0.5, 0.6) is 0 Å². The van der Waals surface area contributed by atoms with E-state index in [4.69, 9.17) is 5.73 Å². The maximum absolute atomic E-state index is 13.3. The van der Waals surface area contributed by atoms with Crippen molar-refractivity contribution in [3.8, 4) is 0 Å². The lowest BCUT2D eigenvalue weighted by atomic mass is 9.93. The number of halogens is 3. The molecule has 1 aromatic heterocycles. The molecule has 0 saturated heterocycles.